The van der Waals surface area contributed by atoms with E-state index in [1.807, 2.05) is 6.07 Å². The molecule has 1 aliphatic rings. The van der Waals surface area contributed by atoms with Crippen molar-refractivity contribution in [3.63, 3.8) is 0 Å². The normalized spacial score (nSPS) is 20.2. The Hall–Kier alpha value is -0.640. The van der Waals surface area contributed by atoms with Crippen molar-refractivity contribution in [3.8, 4) is 0 Å². The van der Waals surface area contributed by atoms with Crippen molar-refractivity contribution in [2.24, 2.45) is 5.92 Å². The summed E-state index contributed by atoms with van der Waals surface area (Å²) in [5, 5.41) is 3.72. The van der Waals surface area contributed by atoms with Crippen molar-refractivity contribution in [2.45, 2.75) is 38.8 Å². The summed E-state index contributed by atoms with van der Waals surface area (Å²) < 4.78 is 18.8. The van der Waals surface area contributed by atoms with Gasteiger partial charge in [0.05, 0.1) is 5.02 Å². The Morgan fingerprint density at radius 2 is 2.00 bits per heavy atom. The molecule has 0 amide bonds. The smallest absolute Gasteiger partial charge is 0.142 e. The van der Waals surface area contributed by atoms with Crippen LogP contribution in [0.3, 0.4) is 0 Å². The maximum atomic E-state index is 13.5. The Kier molecular flexibility index (Phi) is 5.20. The molecule has 1 aromatic carbocycles. The van der Waals surface area contributed by atoms with E-state index >= 15 is 0 Å². The maximum Gasteiger partial charge on any atom is 0.142 e. The third kappa shape index (κ3) is 3.91. The van der Waals surface area contributed by atoms with Gasteiger partial charge in [-0.2, -0.15) is 0 Å². The van der Waals surface area contributed by atoms with Crippen molar-refractivity contribution in [2.75, 3.05) is 13.2 Å². The monoisotopic (exact) mass is 285 g/mol. The lowest BCUT2D eigenvalue weighted by Gasteiger charge is -2.30. The molecule has 0 bridgehead atoms. The third-order valence-corrected chi connectivity index (χ3v) is 4.24. The second-order valence-corrected chi connectivity index (χ2v) is 5.71. The molecule has 1 saturated heterocycles. The fraction of sp³-hybridized carbons (Fsp3) is 0.600. The molecule has 1 aromatic rings. The van der Waals surface area contributed by atoms with Gasteiger partial charge in [0.15, 0.2) is 0 Å². The van der Waals surface area contributed by atoms with E-state index in [9.17, 15) is 4.39 Å². The Morgan fingerprint density at radius 1 is 1.32 bits per heavy atom. The number of rotatable bonds is 4. The van der Waals surface area contributed by atoms with E-state index in [0.29, 0.717) is 12.0 Å². The molecule has 2 rings (SSSR count). The van der Waals surface area contributed by atoms with Crippen LogP contribution in [-0.2, 0) is 4.74 Å². The summed E-state index contributed by atoms with van der Waals surface area (Å²) in [5.41, 5.74) is 0.931. The number of ether oxygens (including phenoxy) is 1. The molecule has 0 spiro atoms. The Bertz CT molecular complexity index is 421. The van der Waals surface area contributed by atoms with Crippen molar-refractivity contribution in [1.82, 2.24) is 5.32 Å². The van der Waals surface area contributed by atoms with Gasteiger partial charge in [-0.3, -0.25) is 0 Å². The molecule has 1 N–H and O–H groups in total. The highest BCUT2D eigenvalue weighted by molar-refractivity contribution is 6.30. The van der Waals surface area contributed by atoms with Crippen LogP contribution in [0.25, 0.3) is 0 Å². The van der Waals surface area contributed by atoms with Crippen LogP contribution in [0.2, 0.25) is 5.02 Å². The van der Waals surface area contributed by atoms with Crippen LogP contribution in [0.5, 0.6) is 0 Å². The first-order valence-electron chi connectivity index (χ1n) is 6.86. The van der Waals surface area contributed by atoms with E-state index in [2.05, 4.69) is 19.2 Å². The van der Waals surface area contributed by atoms with Crippen LogP contribution in [0.15, 0.2) is 18.2 Å². The second-order valence-electron chi connectivity index (χ2n) is 5.30. The second kappa shape index (κ2) is 6.69. The summed E-state index contributed by atoms with van der Waals surface area (Å²) >= 11 is 5.70. The van der Waals surface area contributed by atoms with Crippen molar-refractivity contribution < 1.29 is 9.13 Å². The van der Waals surface area contributed by atoms with Crippen LogP contribution in [0, 0.1) is 11.7 Å². The molecule has 4 heteroatoms. The van der Waals surface area contributed by atoms with Gasteiger partial charge in [-0.05, 0) is 50.3 Å². The van der Waals surface area contributed by atoms with E-state index < -0.39 is 0 Å². The van der Waals surface area contributed by atoms with Gasteiger partial charge < -0.3 is 10.1 Å². The van der Waals surface area contributed by atoms with Crippen molar-refractivity contribution in [1.29, 1.82) is 0 Å². The van der Waals surface area contributed by atoms with Crippen LogP contribution < -0.4 is 5.32 Å². The summed E-state index contributed by atoms with van der Waals surface area (Å²) in [6.45, 7) is 5.94. The van der Waals surface area contributed by atoms with Crippen LogP contribution in [0.4, 0.5) is 4.39 Å². The third-order valence-electron chi connectivity index (χ3n) is 3.93. The standard InChI is InChI=1S/C15H21ClFNO/c1-10(12-5-7-19-8-6-12)18-11(2)13-3-4-14(16)15(17)9-13/h3-4,9-12,18H,5-8H2,1-2H3. The molecular formula is C15H21ClFNO. The number of halogens is 2. The van der Waals surface area contributed by atoms with Crippen LogP contribution in [-0.4, -0.2) is 19.3 Å². The van der Waals surface area contributed by atoms with E-state index in [-0.39, 0.29) is 16.9 Å². The minimum Gasteiger partial charge on any atom is -0.381 e. The van der Waals surface area contributed by atoms with Crippen LogP contribution in [0.1, 0.15) is 38.3 Å². The van der Waals surface area contributed by atoms with Gasteiger partial charge >= 0.3 is 0 Å². The number of hydrogen-bond acceptors (Lipinski definition) is 2. The lowest BCUT2D eigenvalue weighted by Crippen LogP contribution is -2.38. The lowest BCUT2D eigenvalue weighted by molar-refractivity contribution is 0.0547. The average molecular weight is 286 g/mol. The predicted octanol–water partition coefficient (Wildman–Crippen LogP) is 3.94. The molecule has 106 valence electrons. The summed E-state index contributed by atoms with van der Waals surface area (Å²) in [6, 6.07) is 5.52. The minimum absolute atomic E-state index is 0.115. The largest absolute Gasteiger partial charge is 0.381 e. The SMILES string of the molecule is CC(NC(C)C1CCOCC1)c1ccc(Cl)c(F)c1. The molecule has 0 saturated carbocycles. The molecule has 19 heavy (non-hydrogen) atoms. The summed E-state index contributed by atoms with van der Waals surface area (Å²) in [7, 11) is 0. The minimum atomic E-state index is -0.355. The number of benzene rings is 1. The molecule has 2 nitrogen and oxygen atoms in total. The summed E-state index contributed by atoms with van der Waals surface area (Å²) in [5.74, 6) is 0.278. The van der Waals surface area contributed by atoms with Crippen molar-refractivity contribution >= 4 is 11.6 Å². The molecule has 0 aromatic heterocycles. The molecule has 1 fully saturated rings. The van der Waals surface area contributed by atoms with Gasteiger partial charge in [0.25, 0.3) is 0 Å². The van der Waals surface area contributed by atoms with Crippen molar-refractivity contribution in [3.05, 3.63) is 34.6 Å². The fourth-order valence-electron chi connectivity index (χ4n) is 2.62. The van der Waals surface area contributed by atoms with E-state index in [1.54, 1.807) is 6.07 Å². The van der Waals surface area contributed by atoms with Gasteiger partial charge in [-0.25, -0.2) is 4.39 Å². The molecule has 0 aliphatic carbocycles. The first-order valence-corrected chi connectivity index (χ1v) is 7.24. The molecule has 0 radical (unpaired) electrons. The molecule has 1 aliphatic heterocycles. The first kappa shape index (κ1) is 14.8. The maximum absolute atomic E-state index is 13.5. The zero-order chi connectivity index (χ0) is 13.8. The highest BCUT2D eigenvalue weighted by Gasteiger charge is 2.22. The average Bonchev–Trinajstić information content (AvgIpc) is 2.42. The quantitative estimate of drug-likeness (QED) is 0.904. The topological polar surface area (TPSA) is 21.3 Å². The van der Waals surface area contributed by atoms with E-state index in [0.717, 1.165) is 31.6 Å². The Labute approximate surface area is 119 Å². The highest BCUT2D eigenvalue weighted by Crippen LogP contribution is 2.23. The molecule has 2 atom stereocenters. The van der Waals surface area contributed by atoms with Gasteiger partial charge in [0.1, 0.15) is 5.82 Å². The lowest BCUT2D eigenvalue weighted by atomic mass is 9.92. The first-order chi connectivity index (χ1) is 9.08. The van der Waals surface area contributed by atoms with E-state index in [1.165, 1.54) is 6.07 Å². The predicted molar refractivity (Wildman–Crippen MR) is 76.0 cm³/mol. The Morgan fingerprint density at radius 3 is 2.63 bits per heavy atom. The molecular weight excluding hydrogens is 265 g/mol. The van der Waals surface area contributed by atoms with Gasteiger partial charge in [0.2, 0.25) is 0 Å². The zero-order valence-electron chi connectivity index (χ0n) is 11.5. The highest BCUT2D eigenvalue weighted by atomic mass is 35.5. The number of hydrogen-bond donors (Lipinski definition) is 1. The molecule has 1 heterocycles. The van der Waals surface area contributed by atoms with Gasteiger partial charge in [0, 0.05) is 25.3 Å². The fourth-order valence-corrected chi connectivity index (χ4v) is 2.74. The Balaban J connectivity index is 1.95. The van der Waals surface area contributed by atoms with Crippen LogP contribution >= 0.6 is 11.6 Å². The summed E-state index contributed by atoms with van der Waals surface area (Å²) in [4.78, 5) is 0. The number of nitrogens with one attached hydrogen (secondary N) is 1. The van der Waals surface area contributed by atoms with Gasteiger partial charge in [-0.15, -0.1) is 0 Å². The summed E-state index contributed by atoms with van der Waals surface area (Å²) in [6.07, 6.45) is 2.19. The zero-order valence-corrected chi connectivity index (χ0v) is 12.2. The van der Waals surface area contributed by atoms with E-state index in [4.69, 9.17) is 16.3 Å². The molecule has 2 unspecified atom stereocenters. The van der Waals surface area contributed by atoms with Gasteiger partial charge in [-0.1, -0.05) is 17.7 Å².